The summed E-state index contributed by atoms with van der Waals surface area (Å²) in [5.74, 6) is -0.324. The number of Topliss-reactive ketones (excluding diaryl/α,β-unsaturated/α-hetero) is 1. The summed E-state index contributed by atoms with van der Waals surface area (Å²) in [5, 5.41) is 2.70. The second-order valence-corrected chi connectivity index (χ2v) is 5.91. The van der Waals surface area contributed by atoms with Crippen LogP contribution in [0.3, 0.4) is 0 Å². The van der Waals surface area contributed by atoms with Crippen molar-refractivity contribution >= 4 is 11.7 Å². The molecule has 0 aliphatic rings. The van der Waals surface area contributed by atoms with Crippen LogP contribution in [0.2, 0.25) is 0 Å². The van der Waals surface area contributed by atoms with Gasteiger partial charge >= 0.3 is 6.18 Å². The average Bonchev–Trinajstić information content (AvgIpc) is 2.59. The number of hydrogen-bond donors (Lipinski definition) is 1. The van der Waals surface area contributed by atoms with Crippen LogP contribution in [0.4, 0.5) is 13.2 Å². The van der Waals surface area contributed by atoms with Crippen LogP contribution in [0.25, 0.3) is 0 Å². The first kappa shape index (κ1) is 20.3. The maximum absolute atomic E-state index is 12.3. The number of nitrogens with one attached hydrogen (secondary N) is 1. The van der Waals surface area contributed by atoms with Gasteiger partial charge in [0.2, 0.25) is 0 Å². The molecule has 27 heavy (non-hydrogen) atoms. The molecule has 0 radical (unpaired) electrons. The van der Waals surface area contributed by atoms with Gasteiger partial charge in [0, 0.05) is 6.20 Å². The highest BCUT2D eigenvalue weighted by Gasteiger charge is 2.28. The number of halogens is 3. The van der Waals surface area contributed by atoms with E-state index in [9.17, 15) is 22.8 Å². The molecule has 1 aromatic heterocycles. The zero-order chi connectivity index (χ0) is 20.0. The minimum atomic E-state index is -4.43. The van der Waals surface area contributed by atoms with Gasteiger partial charge in [0.25, 0.3) is 5.91 Å². The van der Waals surface area contributed by atoms with E-state index in [1.54, 1.807) is 19.1 Å². The van der Waals surface area contributed by atoms with Gasteiger partial charge < -0.3 is 10.1 Å². The molecule has 0 saturated heterocycles. The van der Waals surface area contributed by atoms with Gasteiger partial charge in [-0.2, -0.15) is 13.2 Å². The Balaban J connectivity index is 2.05. The first-order valence-electron chi connectivity index (χ1n) is 8.06. The molecule has 1 atom stereocenters. The normalized spacial score (nSPS) is 12.3. The molecule has 9 heteroatoms. The molecule has 144 valence electrons. The van der Waals surface area contributed by atoms with Gasteiger partial charge in [-0.25, -0.2) is 9.97 Å². The lowest BCUT2D eigenvalue weighted by atomic mass is 10.1. The van der Waals surface area contributed by atoms with E-state index in [4.69, 9.17) is 4.74 Å². The molecule has 2 aromatic rings. The second-order valence-electron chi connectivity index (χ2n) is 5.91. The number of hydrogen-bond acceptors (Lipinski definition) is 5. The van der Waals surface area contributed by atoms with Gasteiger partial charge in [0.1, 0.15) is 23.1 Å². The van der Waals surface area contributed by atoms with Crippen LogP contribution < -0.4 is 10.1 Å². The van der Waals surface area contributed by atoms with Crippen molar-refractivity contribution in [3.8, 4) is 5.75 Å². The Morgan fingerprint density at radius 1 is 1.26 bits per heavy atom. The van der Waals surface area contributed by atoms with Gasteiger partial charge in [0.05, 0.1) is 12.5 Å². The minimum absolute atomic E-state index is 0.0231. The van der Waals surface area contributed by atoms with Crippen LogP contribution in [-0.4, -0.2) is 34.4 Å². The van der Waals surface area contributed by atoms with E-state index < -0.39 is 24.7 Å². The summed E-state index contributed by atoms with van der Waals surface area (Å²) >= 11 is 0. The van der Waals surface area contributed by atoms with E-state index in [0.29, 0.717) is 5.56 Å². The minimum Gasteiger partial charge on any atom is -0.484 e. The van der Waals surface area contributed by atoms with Crippen molar-refractivity contribution in [1.82, 2.24) is 15.3 Å². The molecule has 0 aliphatic heterocycles. The van der Waals surface area contributed by atoms with Crippen molar-refractivity contribution in [2.75, 3.05) is 6.61 Å². The van der Waals surface area contributed by atoms with Crippen LogP contribution in [0.15, 0.2) is 36.5 Å². The molecule has 2 rings (SSSR count). The van der Waals surface area contributed by atoms with E-state index in [2.05, 4.69) is 15.3 Å². The number of carbonyl (C=O) groups is 2. The van der Waals surface area contributed by atoms with Crippen molar-refractivity contribution in [2.45, 2.75) is 32.5 Å². The van der Waals surface area contributed by atoms with Gasteiger partial charge in [-0.3, -0.25) is 9.59 Å². The van der Waals surface area contributed by atoms with Gasteiger partial charge in [-0.1, -0.05) is 12.1 Å². The van der Waals surface area contributed by atoms with Crippen LogP contribution >= 0.6 is 0 Å². The number of ketones is 1. The Labute approximate surface area is 153 Å². The molecule has 0 aliphatic carbocycles. The first-order chi connectivity index (χ1) is 12.6. The number of amides is 1. The Bertz CT molecular complexity index is 825. The molecule has 0 bridgehead atoms. The Kier molecular flexibility index (Phi) is 6.49. The van der Waals surface area contributed by atoms with Crippen molar-refractivity contribution in [2.24, 2.45) is 0 Å². The maximum atomic E-state index is 12.3. The molecule has 0 saturated carbocycles. The zero-order valence-electron chi connectivity index (χ0n) is 14.7. The lowest BCUT2D eigenvalue weighted by molar-refractivity contribution is -0.153. The van der Waals surface area contributed by atoms with Crippen molar-refractivity contribution in [3.05, 3.63) is 53.6 Å². The number of benzene rings is 1. The highest BCUT2D eigenvalue weighted by molar-refractivity contribution is 5.92. The topological polar surface area (TPSA) is 81.2 Å². The molecular formula is C18H18F3N3O3. The second kappa shape index (κ2) is 8.61. The Morgan fingerprint density at radius 3 is 2.67 bits per heavy atom. The lowest BCUT2D eigenvalue weighted by Gasteiger charge is -2.16. The van der Waals surface area contributed by atoms with Crippen LogP contribution in [-0.2, 0) is 11.2 Å². The third kappa shape index (κ3) is 6.69. The van der Waals surface area contributed by atoms with Gasteiger partial charge in [-0.05, 0) is 37.6 Å². The number of carbonyl (C=O) groups excluding carboxylic acids is 2. The number of ether oxygens (including phenoxy) is 1. The number of alkyl halides is 3. The third-order valence-corrected chi connectivity index (χ3v) is 3.45. The SMILES string of the molecule is CC(=O)Cc1nccc(C(=O)NC(C)c2cccc(OCC(F)(F)F)c2)n1. The van der Waals surface area contributed by atoms with E-state index in [1.807, 2.05) is 0 Å². The molecule has 6 nitrogen and oxygen atoms in total. The zero-order valence-corrected chi connectivity index (χ0v) is 14.7. The molecular weight excluding hydrogens is 363 g/mol. The predicted octanol–water partition coefficient (Wildman–Crippen LogP) is 3.04. The van der Waals surface area contributed by atoms with E-state index >= 15 is 0 Å². The molecule has 1 heterocycles. The summed E-state index contributed by atoms with van der Waals surface area (Å²) in [7, 11) is 0. The Morgan fingerprint density at radius 2 is 2.00 bits per heavy atom. The van der Waals surface area contributed by atoms with Gasteiger partial charge in [-0.15, -0.1) is 0 Å². The summed E-state index contributed by atoms with van der Waals surface area (Å²) in [6, 6.07) is 6.94. The van der Waals surface area contributed by atoms with E-state index in [0.717, 1.165) is 0 Å². The molecule has 1 N–H and O–H groups in total. The summed E-state index contributed by atoms with van der Waals surface area (Å²) in [4.78, 5) is 31.5. The third-order valence-electron chi connectivity index (χ3n) is 3.45. The number of nitrogens with zero attached hydrogens (tertiary/aromatic N) is 2. The highest BCUT2D eigenvalue weighted by atomic mass is 19.4. The summed E-state index contributed by atoms with van der Waals surface area (Å²) in [5.41, 5.74) is 0.665. The van der Waals surface area contributed by atoms with Gasteiger partial charge in [0.15, 0.2) is 6.61 Å². The molecule has 0 spiro atoms. The van der Waals surface area contributed by atoms with Crippen LogP contribution in [0, 0.1) is 0 Å². The molecule has 1 amide bonds. The fraction of sp³-hybridized carbons (Fsp3) is 0.333. The van der Waals surface area contributed by atoms with E-state index in [1.165, 1.54) is 31.3 Å². The van der Waals surface area contributed by atoms with Crippen molar-refractivity contribution < 1.29 is 27.5 Å². The highest BCUT2D eigenvalue weighted by Crippen LogP contribution is 2.22. The molecule has 1 aromatic carbocycles. The number of rotatable bonds is 7. The van der Waals surface area contributed by atoms with E-state index in [-0.39, 0.29) is 29.5 Å². The maximum Gasteiger partial charge on any atom is 0.422 e. The fourth-order valence-corrected chi connectivity index (χ4v) is 2.23. The Hall–Kier alpha value is -2.97. The average molecular weight is 381 g/mol. The first-order valence-corrected chi connectivity index (χ1v) is 8.06. The summed E-state index contributed by atoms with van der Waals surface area (Å²) < 4.78 is 41.5. The largest absolute Gasteiger partial charge is 0.484 e. The standard InChI is InChI=1S/C18H18F3N3O3/c1-11(25)8-16-22-7-6-15(24-16)17(26)23-12(2)13-4-3-5-14(9-13)27-10-18(19,20)21/h3-7,9,12H,8,10H2,1-2H3,(H,23,26). The summed E-state index contributed by atoms with van der Waals surface area (Å²) in [6.07, 6.45) is -3.02. The smallest absolute Gasteiger partial charge is 0.422 e. The van der Waals surface area contributed by atoms with Crippen LogP contribution in [0.5, 0.6) is 5.75 Å². The predicted molar refractivity (Wildman–Crippen MR) is 90.3 cm³/mol. The number of aromatic nitrogens is 2. The van der Waals surface area contributed by atoms with Crippen molar-refractivity contribution in [3.63, 3.8) is 0 Å². The molecule has 0 fully saturated rings. The molecule has 1 unspecified atom stereocenters. The lowest BCUT2D eigenvalue weighted by Crippen LogP contribution is -2.28. The monoisotopic (exact) mass is 381 g/mol. The fourth-order valence-electron chi connectivity index (χ4n) is 2.23. The summed E-state index contributed by atoms with van der Waals surface area (Å²) in [6.45, 7) is 1.68. The van der Waals surface area contributed by atoms with Crippen molar-refractivity contribution in [1.29, 1.82) is 0 Å². The van der Waals surface area contributed by atoms with Crippen LogP contribution in [0.1, 0.15) is 41.8 Å². The quantitative estimate of drug-likeness (QED) is 0.797.